The number of benzene rings is 1. The summed E-state index contributed by atoms with van der Waals surface area (Å²) in [5.74, 6) is -0.0367. The maximum Gasteiger partial charge on any atom is 0.416 e. The van der Waals surface area contributed by atoms with Gasteiger partial charge in [-0.15, -0.1) is 0 Å². The summed E-state index contributed by atoms with van der Waals surface area (Å²) < 4.78 is 37.9. The lowest BCUT2D eigenvalue weighted by atomic mass is 10.1. The predicted octanol–water partition coefficient (Wildman–Crippen LogP) is 3.14. The minimum atomic E-state index is -4.35. The van der Waals surface area contributed by atoms with Gasteiger partial charge in [-0.1, -0.05) is 12.1 Å². The predicted molar refractivity (Wildman–Crippen MR) is 87.5 cm³/mol. The molecule has 1 aliphatic heterocycles. The Hall–Kier alpha value is -2.41. The van der Waals surface area contributed by atoms with Gasteiger partial charge < -0.3 is 10.6 Å². The number of hydrogen-bond donors (Lipinski definition) is 2. The SMILES string of the molecule is O=C(NCc1ccnc(-c2ccc(C(F)(F)F)cc2)c1)C1CCCN1. The molecule has 7 heteroatoms. The van der Waals surface area contributed by atoms with Crippen molar-refractivity contribution in [2.45, 2.75) is 31.6 Å². The van der Waals surface area contributed by atoms with Crippen LogP contribution < -0.4 is 10.6 Å². The van der Waals surface area contributed by atoms with Crippen LogP contribution >= 0.6 is 0 Å². The van der Waals surface area contributed by atoms with Crippen LogP contribution in [0.5, 0.6) is 0 Å². The summed E-state index contributed by atoms with van der Waals surface area (Å²) in [6.07, 6.45) is -0.945. The van der Waals surface area contributed by atoms with E-state index in [1.54, 1.807) is 18.3 Å². The molecule has 1 atom stereocenters. The highest BCUT2D eigenvalue weighted by atomic mass is 19.4. The minimum absolute atomic E-state index is 0.0367. The van der Waals surface area contributed by atoms with Crippen molar-refractivity contribution in [2.75, 3.05) is 6.54 Å². The Morgan fingerprint density at radius 2 is 2.00 bits per heavy atom. The highest BCUT2D eigenvalue weighted by Crippen LogP contribution is 2.30. The van der Waals surface area contributed by atoms with Gasteiger partial charge >= 0.3 is 6.18 Å². The molecule has 0 aliphatic carbocycles. The van der Waals surface area contributed by atoms with Crippen LogP contribution in [0.4, 0.5) is 13.2 Å². The highest BCUT2D eigenvalue weighted by Gasteiger charge is 2.30. The standard InChI is InChI=1S/C18H18F3N3O/c19-18(20,21)14-5-3-13(4-6-14)16-10-12(7-9-23-16)11-24-17(25)15-2-1-8-22-15/h3-7,9-10,15,22H,1-2,8,11H2,(H,24,25). The molecular formula is C18H18F3N3O. The summed E-state index contributed by atoms with van der Waals surface area (Å²) in [5, 5.41) is 6.00. The summed E-state index contributed by atoms with van der Waals surface area (Å²) in [6.45, 7) is 1.21. The van der Waals surface area contributed by atoms with Crippen LogP contribution in [-0.4, -0.2) is 23.5 Å². The number of carbonyl (C=O) groups is 1. The molecule has 2 N–H and O–H groups in total. The number of carbonyl (C=O) groups excluding carboxylic acids is 1. The van der Waals surface area contributed by atoms with E-state index in [2.05, 4.69) is 15.6 Å². The van der Waals surface area contributed by atoms with E-state index in [1.807, 2.05) is 0 Å². The summed E-state index contributed by atoms with van der Waals surface area (Å²) in [7, 11) is 0. The number of amides is 1. The molecule has 4 nitrogen and oxygen atoms in total. The summed E-state index contributed by atoms with van der Waals surface area (Å²) in [6, 6.07) is 8.28. The van der Waals surface area contributed by atoms with Gasteiger partial charge in [0.1, 0.15) is 0 Å². The van der Waals surface area contributed by atoms with E-state index >= 15 is 0 Å². The third-order valence-electron chi connectivity index (χ3n) is 4.18. The second-order valence-electron chi connectivity index (χ2n) is 5.99. The molecule has 0 radical (unpaired) electrons. The monoisotopic (exact) mass is 349 g/mol. The average molecular weight is 349 g/mol. The van der Waals surface area contributed by atoms with Gasteiger partial charge in [-0.05, 0) is 49.2 Å². The molecule has 0 bridgehead atoms. The molecule has 1 amide bonds. The van der Waals surface area contributed by atoms with Crippen molar-refractivity contribution in [3.05, 3.63) is 53.7 Å². The Kier molecular flexibility index (Phi) is 5.03. The summed E-state index contributed by atoms with van der Waals surface area (Å²) in [4.78, 5) is 16.2. The molecular weight excluding hydrogens is 331 g/mol. The number of pyridine rings is 1. The second kappa shape index (κ2) is 7.23. The lowest BCUT2D eigenvalue weighted by Crippen LogP contribution is -2.40. The molecule has 1 saturated heterocycles. The first-order valence-electron chi connectivity index (χ1n) is 8.07. The zero-order valence-corrected chi connectivity index (χ0v) is 13.4. The fraction of sp³-hybridized carbons (Fsp3) is 0.333. The van der Waals surface area contributed by atoms with E-state index in [9.17, 15) is 18.0 Å². The van der Waals surface area contributed by atoms with Crippen molar-refractivity contribution >= 4 is 5.91 Å². The molecule has 0 saturated carbocycles. The Morgan fingerprint density at radius 1 is 1.24 bits per heavy atom. The number of halogens is 3. The van der Waals surface area contributed by atoms with Gasteiger partial charge in [0, 0.05) is 18.3 Å². The molecule has 2 aromatic rings. The first-order chi connectivity index (χ1) is 11.9. The third-order valence-corrected chi connectivity index (χ3v) is 4.18. The fourth-order valence-electron chi connectivity index (χ4n) is 2.79. The van der Waals surface area contributed by atoms with Gasteiger partial charge in [0.15, 0.2) is 0 Å². The summed E-state index contributed by atoms with van der Waals surface area (Å²) >= 11 is 0. The Labute approximate surface area is 143 Å². The molecule has 1 aromatic heterocycles. The van der Waals surface area contributed by atoms with E-state index < -0.39 is 11.7 Å². The first-order valence-corrected chi connectivity index (χ1v) is 8.07. The van der Waals surface area contributed by atoms with Crippen molar-refractivity contribution in [2.24, 2.45) is 0 Å². The fourth-order valence-corrected chi connectivity index (χ4v) is 2.79. The molecule has 1 fully saturated rings. The zero-order valence-electron chi connectivity index (χ0n) is 13.4. The maximum atomic E-state index is 12.6. The van der Waals surface area contributed by atoms with Crippen molar-refractivity contribution < 1.29 is 18.0 Å². The van der Waals surface area contributed by atoms with Gasteiger partial charge in [-0.3, -0.25) is 9.78 Å². The number of rotatable bonds is 4. The molecule has 1 aliphatic rings. The van der Waals surface area contributed by atoms with Gasteiger partial charge in [0.25, 0.3) is 0 Å². The van der Waals surface area contributed by atoms with E-state index in [1.165, 1.54) is 12.1 Å². The number of nitrogens with zero attached hydrogens (tertiary/aromatic N) is 1. The quantitative estimate of drug-likeness (QED) is 0.892. The molecule has 1 aromatic carbocycles. The number of hydrogen-bond acceptors (Lipinski definition) is 3. The van der Waals surface area contributed by atoms with Crippen molar-refractivity contribution in [1.82, 2.24) is 15.6 Å². The number of aromatic nitrogens is 1. The number of nitrogens with one attached hydrogen (secondary N) is 2. The smallest absolute Gasteiger partial charge is 0.351 e. The van der Waals surface area contributed by atoms with E-state index in [0.717, 1.165) is 37.1 Å². The largest absolute Gasteiger partial charge is 0.416 e. The molecule has 2 heterocycles. The zero-order chi connectivity index (χ0) is 17.9. The van der Waals surface area contributed by atoms with Crippen molar-refractivity contribution in [1.29, 1.82) is 0 Å². The molecule has 1 unspecified atom stereocenters. The molecule has 25 heavy (non-hydrogen) atoms. The van der Waals surface area contributed by atoms with Gasteiger partial charge in [-0.2, -0.15) is 13.2 Å². The molecule has 132 valence electrons. The molecule has 3 rings (SSSR count). The molecule has 0 spiro atoms. The van der Waals surface area contributed by atoms with Gasteiger partial charge in [0.2, 0.25) is 5.91 Å². The Bertz CT molecular complexity index is 738. The highest BCUT2D eigenvalue weighted by molar-refractivity contribution is 5.82. The first kappa shape index (κ1) is 17.4. The van der Waals surface area contributed by atoms with Crippen LogP contribution in [0.15, 0.2) is 42.6 Å². The van der Waals surface area contributed by atoms with Crippen molar-refractivity contribution in [3.63, 3.8) is 0 Å². The Balaban J connectivity index is 1.67. The van der Waals surface area contributed by atoms with Gasteiger partial charge in [0.05, 0.1) is 17.3 Å². The Morgan fingerprint density at radius 3 is 2.64 bits per heavy atom. The van der Waals surface area contributed by atoms with E-state index in [4.69, 9.17) is 0 Å². The topological polar surface area (TPSA) is 54.0 Å². The minimum Gasteiger partial charge on any atom is -0.351 e. The number of alkyl halides is 3. The van der Waals surface area contributed by atoms with Crippen molar-refractivity contribution in [3.8, 4) is 11.3 Å². The van der Waals surface area contributed by atoms with Crippen LogP contribution in [0.3, 0.4) is 0 Å². The van der Waals surface area contributed by atoms with Crippen LogP contribution in [0, 0.1) is 0 Å². The van der Waals surface area contributed by atoms with Gasteiger partial charge in [-0.25, -0.2) is 0 Å². The third kappa shape index (κ3) is 4.36. The lowest BCUT2D eigenvalue weighted by molar-refractivity contribution is -0.137. The van der Waals surface area contributed by atoms with E-state index in [0.29, 0.717) is 17.8 Å². The second-order valence-corrected chi connectivity index (χ2v) is 5.99. The maximum absolute atomic E-state index is 12.6. The van der Waals surface area contributed by atoms with Crippen LogP contribution in [0.25, 0.3) is 11.3 Å². The normalized spacial score (nSPS) is 17.5. The van der Waals surface area contributed by atoms with Crippen LogP contribution in [-0.2, 0) is 17.5 Å². The lowest BCUT2D eigenvalue weighted by Gasteiger charge is -2.12. The van der Waals surface area contributed by atoms with Crippen LogP contribution in [0.1, 0.15) is 24.0 Å². The summed E-state index contributed by atoms with van der Waals surface area (Å²) in [5.41, 5.74) is 1.32. The van der Waals surface area contributed by atoms with Crippen LogP contribution in [0.2, 0.25) is 0 Å². The van der Waals surface area contributed by atoms with E-state index in [-0.39, 0.29) is 11.9 Å². The average Bonchev–Trinajstić information content (AvgIpc) is 3.14.